The molecule has 0 spiro atoms. The number of hydrogen-bond acceptors (Lipinski definition) is 5. The molecule has 1 aromatic heterocycles. The number of hydrogen-bond donors (Lipinski definition) is 2. The SMILES string of the molecule is CCc1c(N)ncnc1NC1CCOC(C)C1. The minimum atomic E-state index is 0.311. The Morgan fingerprint density at radius 2 is 2.35 bits per heavy atom. The van der Waals surface area contributed by atoms with Crippen LogP contribution in [0.25, 0.3) is 0 Å². The minimum absolute atomic E-state index is 0.311. The summed E-state index contributed by atoms with van der Waals surface area (Å²) in [5.41, 5.74) is 6.85. The van der Waals surface area contributed by atoms with Crippen LogP contribution >= 0.6 is 0 Å². The molecule has 17 heavy (non-hydrogen) atoms. The predicted octanol–water partition coefficient (Wildman–Crippen LogP) is 1.60. The Balaban J connectivity index is 2.10. The molecule has 94 valence electrons. The van der Waals surface area contributed by atoms with Crippen molar-refractivity contribution in [1.82, 2.24) is 9.97 Å². The fourth-order valence-electron chi connectivity index (χ4n) is 2.22. The van der Waals surface area contributed by atoms with Gasteiger partial charge in [-0.3, -0.25) is 0 Å². The molecule has 2 unspecified atom stereocenters. The topological polar surface area (TPSA) is 73.1 Å². The van der Waals surface area contributed by atoms with Crippen molar-refractivity contribution in [3.8, 4) is 0 Å². The summed E-state index contributed by atoms with van der Waals surface area (Å²) in [4.78, 5) is 8.31. The summed E-state index contributed by atoms with van der Waals surface area (Å²) in [6, 6.07) is 0.415. The molecule has 0 bridgehead atoms. The van der Waals surface area contributed by atoms with Gasteiger partial charge in [-0.15, -0.1) is 0 Å². The quantitative estimate of drug-likeness (QED) is 0.834. The van der Waals surface area contributed by atoms with Crippen molar-refractivity contribution in [3.05, 3.63) is 11.9 Å². The first-order valence-corrected chi connectivity index (χ1v) is 6.18. The average Bonchev–Trinajstić information content (AvgIpc) is 2.29. The van der Waals surface area contributed by atoms with E-state index in [-0.39, 0.29) is 0 Å². The summed E-state index contributed by atoms with van der Waals surface area (Å²) in [6.07, 6.45) is 4.68. The molecule has 1 saturated heterocycles. The van der Waals surface area contributed by atoms with Gasteiger partial charge in [0.25, 0.3) is 0 Å². The Kier molecular flexibility index (Phi) is 3.78. The van der Waals surface area contributed by atoms with Gasteiger partial charge in [0, 0.05) is 18.2 Å². The first-order valence-electron chi connectivity index (χ1n) is 6.18. The highest BCUT2D eigenvalue weighted by molar-refractivity contribution is 5.55. The number of nitrogen functional groups attached to an aromatic ring is 1. The van der Waals surface area contributed by atoms with Crippen molar-refractivity contribution in [2.75, 3.05) is 17.7 Å². The Hall–Kier alpha value is -1.36. The summed E-state index contributed by atoms with van der Waals surface area (Å²) in [5.74, 6) is 1.45. The van der Waals surface area contributed by atoms with Crippen LogP contribution in [0.2, 0.25) is 0 Å². The molecule has 2 heterocycles. The molecule has 2 atom stereocenters. The summed E-state index contributed by atoms with van der Waals surface area (Å²) < 4.78 is 5.53. The summed E-state index contributed by atoms with van der Waals surface area (Å²) in [5, 5.41) is 3.46. The van der Waals surface area contributed by atoms with E-state index in [0.717, 1.165) is 37.3 Å². The van der Waals surface area contributed by atoms with Crippen molar-refractivity contribution in [2.24, 2.45) is 0 Å². The molecule has 0 saturated carbocycles. The Labute approximate surface area is 102 Å². The largest absolute Gasteiger partial charge is 0.383 e. The van der Waals surface area contributed by atoms with E-state index in [0.29, 0.717) is 18.0 Å². The van der Waals surface area contributed by atoms with Gasteiger partial charge in [-0.25, -0.2) is 9.97 Å². The van der Waals surface area contributed by atoms with Crippen molar-refractivity contribution in [3.63, 3.8) is 0 Å². The Bertz CT molecular complexity index is 383. The van der Waals surface area contributed by atoms with Gasteiger partial charge in [-0.2, -0.15) is 0 Å². The molecule has 1 aromatic rings. The van der Waals surface area contributed by atoms with Crippen LogP contribution in [0.15, 0.2) is 6.33 Å². The van der Waals surface area contributed by atoms with Crippen LogP contribution in [0.3, 0.4) is 0 Å². The van der Waals surface area contributed by atoms with Crippen LogP contribution in [-0.2, 0) is 11.2 Å². The second-order valence-corrected chi connectivity index (χ2v) is 4.49. The van der Waals surface area contributed by atoms with Gasteiger partial charge in [-0.05, 0) is 26.2 Å². The molecule has 1 fully saturated rings. The zero-order valence-corrected chi connectivity index (χ0v) is 10.4. The first-order chi connectivity index (χ1) is 8.20. The van der Waals surface area contributed by atoms with Gasteiger partial charge in [-0.1, -0.05) is 6.92 Å². The fourth-order valence-corrected chi connectivity index (χ4v) is 2.22. The van der Waals surface area contributed by atoms with Crippen LogP contribution in [0, 0.1) is 0 Å². The highest BCUT2D eigenvalue weighted by Gasteiger charge is 2.20. The highest BCUT2D eigenvalue weighted by Crippen LogP contribution is 2.22. The minimum Gasteiger partial charge on any atom is -0.383 e. The summed E-state index contributed by atoms with van der Waals surface area (Å²) >= 11 is 0. The van der Waals surface area contributed by atoms with Gasteiger partial charge in [0.05, 0.1) is 6.10 Å². The lowest BCUT2D eigenvalue weighted by Gasteiger charge is -2.28. The van der Waals surface area contributed by atoms with Gasteiger partial charge in [0.2, 0.25) is 0 Å². The number of ether oxygens (including phenoxy) is 1. The van der Waals surface area contributed by atoms with E-state index in [1.807, 2.05) is 0 Å². The first kappa shape index (κ1) is 12.1. The second kappa shape index (κ2) is 5.31. The lowest BCUT2D eigenvalue weighted by Crippen LogP contribution is -2.33. The Morgan fingerprint density at radius 3 is 3.06 bits per heavy atom. The zero-order chi connectivity index (χ0) is 12.3. The molecule has 2 rings (SSSR count). The molecule has 0 aliphatic carbocycles. The summed E-state index contributed by atoms with van der Waals surface area (Å²) in [6.45, 7) is 4.97. The van der Waals surface area contributed by atoms with Crippen molar-refractivity contribution in [1.29, 1.82) is 0 Å². The lowest BCUT2D eigenvalue weighted by molar-refractivity contribution is 0.0231. The van der Waals surface area contributed by atoms with Gasteiger partial charge in [0.1, 0.15) is 18.0 Å². The van der Waals surface area contributed by atoms with E-state index in [1.54, 1.807) is 0 Å². The predicted molar refractivity (Wildman–Crippen MR) is 67.9 cm³/mol. The molecule has 5 nitrogen and oxygen atoms in total. The third kappa shape index (κ3) is 2.85. The standard InChI is InChI=1S/C12H20N4O/c1-3-10-11(13)14-7-15-12(10)16-9-4-5-17-8(2)6-9/h7-9H,3-6H2,1-2H3,(H3,13,14,15,16). The highest BCUT2D eigenvalue weighted by atomic mass is 16.5. The van der Waals surface area contributed by atoms with Crippen molar-refractivity contribution in [2.45, 2.75) is 45.3 Å². The number of nitrogens with zero attached hydrogens (tertiary/aromatic N) is 2. The maximum Gasteiger partial charge on any atom is 0.134 e. The normalized spacial score (nSPS) is 24.6. The van der Waals surface area contributed by atoms with Crippen molar-refractivity contribution < 1.29 is 4.74 Å². The number of anilines is 2. The van der Waals surface area contributed by atoms with E-state index < -0.39 is 0 Å². The molecular weight excluding hydrogens is 216 g/mol. The van der Waals surface area contributed by atoms with Gasteiger partial charge in [0.15, 0.2) is 0 Å². The third-order valence-corrected chi connectivity index (χ3v) is 3.16. The smallest absolute Gasteiger partial charge is 0.134 e. The maximum atomic E-state index is 5.85. The van der Waals surface area contributed by atoms with Crippen molar-refractivity contribution >= 4 is 11.6 Å². The fraction of sp³-hybridized carbons (Fsp3) is 0.667. The van der Waals surface area contributed by atoms with E-state index in [2.05, 4.69) is 29.1 Å². The third-order valence-electron chi connectivity index (χ3n) is 3.16. The van der Waals surface area contributed by atoms with Gasteiger partial charge >= 0.3 is 0 Å². The van der Waals surface area contributed by atoms with Gasteiger partial charge < -0.3 is 15.8 Å². The van der Waals surface area contributed by atoms with Crippen LogP contribution in [0.4, 0.5) is 11.6 Å². The molecule has 3 N–H and O–H groups in total. The second-order valence-electron chi connectivity index (χ2n) is 4.49. The van der Waals surface area contributed by atoms with E-state index >= 15 is 0 Å². The van der Waals surface area contributed by atoms with Crippen LogP contribution in [0.1, 0.15) is 32.3 Å². The monoisotopic (exact) mass is 236 g/mol. The molecule has 5 heteroatoms. The number of rotatable bonds is 3. The number of nitrogens with one attached hydrogen (secondary N) is 1. The van der Waals surface area contributed by atoms with Crippen LogP contribution in [0.5, 0.6) is 0 Å². The Morgan fingerprint density at radius 1 is 1.53 bits per heavy atom. The van der Waals surface area contributed by atoms with Crippen LogP contribution in [-0.4, -0.2) is 28.7 Å². The number of aromatic nitrogens is 2. The molecule has 0 aromatic carbocycles. The molecule has 1 aliphatic rings. The van der Waals surface area contributed by atoms with E-state index in [1.165, 1.54) is 6.33 Å². The molecular formula is C12H20N4O. The zero-order valence-electron chi connectivity index (χ0n) is 10.4. The van der Waals surface area contributed by atoms with E-state index in [4.69, 9.17) is 10.5 Å². The van der Waals surface area contributed by atoms with E-state index in [9.17, 15) is 0 Å². The average molecular weight is 236 g/mol. The molecule has 1 aliphatic heterocycles. The van der Waals surface area contributed by atoms with Crippen LogP contribution < -0.4 is 11.1 Å². The molecule has 0 radical (unpaired) electrons. The molecule has 0 amide bonds. The summed E-state index contributed by atoms with van der Waals surface area (Å²) in [7, 11) is 0. The number of nitrogens with two attached hydrogens (primary N) is 1. The maximum absolute atomic E-state index is 5.85. The lowest BCUT2D eigenvalue weighted by atomic mass is 10.0.